The maximum Gasteiger partial charge on any atom is 0.247 e. The van der Waals surface area contributed by atoms with E-state index in [9.17, 15) is 9.59 Å². The number of rotatable bonds is 7. The lowest BCUT2D eigenvalue weighted by Gasteiger charge is -2.31. The van der Waals surface area contributed by atoms with Crippen LogP contribution in [-0.4, -0.2) is 16.7 Å². The van der Waals surface area contributed by atoms with E-state index in [1.54, 1.807) is 4.90 Å². The summed E-state index contributed by atoms with van der Waals surface area (Å²) in [6.45, 7) is 2.25. The van der Waals surface area contributed by atoms with Crippen LogP contribution in [0.2, 0.25) is 0 Å². The largest absolute Gasteiger partial charge is 0.350 e. The van der Waals surface area contributed by atoms with Gasteiger partial charge in [-0.05, 0) is 22.8 Å². The van der Waals surface area contributed by atoms with Crippen molar-refractivity contribution in [2.75, 3.05) is 0 Å². The van der Waals surface area contributed by atoms with E-state index < -0.39 is 6.04 Å². The molecule has 3 aromatic rings. The Kier molecular flexibility index (Phi) is 7.19. The predicted octanol–water partition coefficient (Wildman–Crippen LogP) is 4.86. The number of carbonyl (C=O) groups excluding carboxylic acids is 2. The van der Waals surface area contributed by atoms with E-state index >= 15 is 0 Å². The number of nitrogens with one attached hydrogen (secondary N) is 1. The second kappa shape index (κ2) is 10.0. The van der Waals surface area contributed by atoms with E-state index in [1.165, 1.54) is 6.92 Å². The first-order valence-corrected chi connectivity index (χ1v) is 10.2. The van der Waals surface area contributed by atoms with Crippen LogP contribution in [0.3, 0.4) is 0 Å². The molecule has 0 aliphatic heterocycles. The Balaban J connectivity index is 1.91. The van der Waals surface area contributed by atoms with Crippen LogP contribution in [0.4, 0.5) is 0 Å². The maximum absolute atomic E-state index is 13.3. The minimum atomic E-state index is -0.744. The van der Waals surface area contributed by atoms with Gasteiger partial charge in [-0.1, -0.05) is 94.8 Å². The van der Waals surface area contributed by atoms with Gasteiger partial charge >= 0.3 is 0 Å². The molecule has 0 bridgehead atoms. The van der Waals surface area contributed by atoms with Gasteiger partial charge in [0.15, 0.2) is 0 Å². The van der Waals surface area contributed by atoms with E-state index in [-0.39, 0.29) is 11.8 Å². The van der Waals surface area contributed by atoms with E-state index in [4.69, 9.17) is 0 Å². The Hall–Kier alpha value is -2.92. The monoisotopic (exact) mass is 450 g/mol. The normalized spacial score (nSPS) is 11.5. The summed E-state index contributed by atoms with van der Waals surface area (Å²) < 4.78 is 0.791. The van der Waals surface area contributed by atoms with Crippen molar-refractivity contribution < 1.29 is 9.59 Å². The fourth-order valence-corrected chi connectivity index (χ4v) is 3.70. The van der Waals surface area contributed by atoms with Crippen molar-refractivity contribution in [3.05, 3.63) is 106 Å². The summed E-state index contributed by atoms with van der Waals surface area (Å²) in [6.07, 6.45) is 0. The molecule has 0 heterocycles. The second-order valence-electron chi connectivity index (χ2n) is 6.76. The van der Waals surface area contributed by atoms with E-state index in [2.05, 4.69) is 21.2 Å². The third-order valence-corrected chi connectivity index (χ3v) is 5.39. The number of carbonyl (C=O) groups is 2. The van der Waals surface area contributed by atoms with Crippen LogP contribution in [0.15, 0.2) is 89.4 Å². The lowest BCUT2D eigenvalue weighted by atomic mass is 10.0. The third-order valence-electron chi connectivity index (χ3n) is 4.67. The molecule has 0 saturated heterocycles. The fourth-order valence-electron chi connectivity index (χ4n) is 3.19. The highest BCUT2D eigenvalue weighted by Crippen LogP contribution is 2.29. The summed E-state index contributed by atoms with van der Waals surface area (Å²) in [4.78, 5) is 27.5. The van der Waals surface area contributed by atoms with Gasteiger partial charge in [0.1, 0.15) is 6.04 Å². The molecule has 0 aliphatic rings. The van der Waals surface area contributed by atoms with Crippen LogP contribution in [-0.2, 0) is 22.7 Å². The Labute approximate surface area is 179 Å². The summed E-state index contributed by atoms with van der Waals surface area (Å²) >= 11 is 3.55. The van der Waals surface area contributed by atoms with Gasteiger partial charge in [-0.3, -0.25) is 9.59 Å². The molecular formula is C24H23BrN2O2. The lowest BCUT2D eigenvalue weighted by Crippen LogP contribution is -2.42. The standard InChI is InChI=1S/C24H23BrN2O2/c1-18(28)27(17-20-12-6-3-7-13-20)23(21-14-8-9-15-22(21)25)24(29)26-16-19-10-4-2-5-11-19/h2-15,23H,16-17H2,1H3,(H,26,29). The first-order chi connectivity index (χ1) is 14.1. The molecule has 0 spiro atoms. The molecule has 5 heteroatoms. The average molecular weight is 451 g/mol. The molecule has 148 valence electrons. The van der Waals surface area contributed by atoms with Crippen molar-refractivity contribution >= 4 is 27.7 Å². The minimum absolute atomic E-state index is 0.163. The number of halogens is 1. The van der Waals surface area contributed by atoms with Gasteiger partial charge in [-0.15, -0.1) is 0 Å². The predicted molar refractivity (Wildman–Crippen MR) is 118 cm³/mol. The van der Waals surface area contributed by atoms with Crippen LogP contribution >= 0.6 is 15.9 Å². The Morgan fingerprint density at radius 2 is 1.41 bits per heavy atom. The van der Waals surface area contributed by atoms with Gasteiger partial charge in [0.05, 0.1) is 0 Å². The van der Waals surface area contributed by atoms with Gasteiger partial charge < -0.3 is 10.2 Å². The van der Waals surface area contributed by atoms with E-state index in [1.807, 2.05) is 84.9 Å². The first-order valence-electron chi connectivity index (χ1n) is 9.43. The average Bonchev–Trinajstić information content (AvgIpc) is 2.74. The quantitative estimate of drug-likeness (QED) is 0.558. The molecule has 2 amide bonds. The lowest BCUT2D eigenvalue weighted by molar-refractivity contribution is -0.140. The zero-order valence-electron chi connectivity index (χ0n) is 16.2. The van der Waals surface area contributed by atoms with E-state index in [0.717, 1.165) is 21.2 Å². The number of hydrogen-bond acceptors (Lipinski definition) is 2. The molecule has 3 aromatic carbocycles. The molecular weight excluding hydrogens is 428 g/mol. The van der Waals surface area contributed by atoms with Crippen LogP contribution in [0.1, 0.15) is 29.7 Å². The van der Waals surface area contributed by atoms with Gasteiger partial charge in [0.2, 0.25) is 11.8 Å². The van der Waals surface area contributed by atoms with Crippen molar-refractivity contribution in [2.45, 2.75) is 26.1 Å². The van der Waals surface area contributed by atoms with Gasteiger partial charge in [0.25, 0.3) is 0 Å². The summed E-state index contributed by atoms with van der Waals surface area (Å²) in [5, 5.41) is 2.99. The molecule has 1 atom stereocenters. The fraction of sp³-hybridized carbons (Fsp3) is 0.167. The van der Waals surface area contributed by atoms with Gasteiger partial charge in [0, 0.05) is 24.5 Å². The van der Waals surface area contributed by atoms with Crippen molar-refractivity contribution in [3.8, 4) is 0 Å². The number of nitrogens with zero attached hydrogens (tertiary/aromatic N) is 1. The number of benzene rings is 3. The molecule has 0 aliphatic carbocycles. The highest BCUT2D eigenvalue weighted by molar-refractivity contribution is 9.10. The molecule has 1 N–H and O–H groups in total. The highest BCUT2D eigenvalue weighted by atomic mass is 79.9. The Morgan fingerprint density at radius 3 is 2.00 bits per heavy atom. The molecule has 3 rings (SSSR count). The zero-order valence-corrected chi connectivity index (χ0v) is 17.8. The molecule has 0 aromatic heterocycles. The SMILES string of the molecule is CC(=O)N(Cc1ccccc1)C(C(=O)NCc1ccccc1)c1ccccc1Br. The van der Waals surface area contributed by atoms with E-state index in [0.29, 0.717) is 13.1 Å². The van der Waals surface area contributed by atoms with Crippen LogP contribution in [0.25, 0.3) is 0 Å². The molecule has 4 nitrogen and oxygen atoms in total. The molecule has 0 saturated carbocycles. The van der Waals surface area contributed by atoms with Crippen molar-refractivity contribution in [2.24, 2.45) is 0 Å². The minimum Gasteiger partial charge on any atom is -0.350 e. The van der Waals surface area contributed by atoms with Gasteiger partial charge in [-0.2, -0.15) is 0 Å². The summed E-state index contributed by atoms with van der Waals surface area (Å²) in [5.74, 6) is -0.378. The summed E-state index contributed by atoms with van der Waals surface area (Å²) in [7, 11) is 0. The van der Waals surface area contributed by atoms with Crippen LogP contribution < -0.4 is 5.32 Å². The summed E-state index contributed by atoms with van der Waals surface area (Å²) in [6, 6.07) is 26.2. The molecule has 29 heavy (non-hydrogen) atoms. The summed E-state index contributed by atoms with van der Waals surface area (Å²) in [5.41, 5.74) is 2.73. The molecule has 0 radical (unpaired) electrons. The Bertz CT molecular complexity index is 961. The van der Waals surface area contributed by atoms with Crippen molar-refractivity contribution in [3.63, 3.8) is 0 Å². The smallest absolute Gasteiger partial charge is 0.247 e. The number of hydrogen-bond donors (Lipinski definition) is 1. The van der Waals surface area contributed by atoms with Crippen molar-refractivity contribution in [1.29, 1.82) is 0 Å². The second-order valence-corrected chi connectivity index (χ2v) is 7.61. The van der Waals surface area contributed by atoms with Gasteiger partial charge in [-0.25, -0.2) is 0 Å². The zero-order chi connectivity index (χ0) is 20.6. The Morgan fingerprint density at radius 1 is 0.862 bits per heavy atom. The maximum atomic E-state index is 13.3. The van der Waals surface area contributed by atoms with Crippen molar-refractivity contribution in [1.82, 2.24) is 10.2 Å². The third kappa shape index (κ3) is 5.55. The molecule has 0 fully saturated rings. The van der Waals surface area contributed by atoms with Crippen LogP contribution in [0, 0.1) is 0 Å². The topological polar surface area (TPSA) is 49.4 Å². The first kappa shape index (κ1) is 20.8. The van der Waals surface area contributed by atoms with Crippen LogP contribution in [0.5, 0.6) is 0 Å². The highest BCUT2D eigenvalue weighted by Gasteiger charge is 2.31. The molecule has 1 unspecified atom stereocenters. The number of amides is 2.